The molecule has 0 saturated heterocycles. The molecule has 0 aliphatic rings. The van der Waals surface area contributed by atoms with E-state index in [0.717, 1.165) is 23.3 Å². The minimum atomic E-state index is -3.49. The van der Waals surface area contributed by atoms with Crippen LogP contribution in [0.2, 0.25) is 0 Å². The van der Waals surface area contributed by atoms with Crippen LogP contribution in [-0.2, 0) is 22.3 Å². The fraction of sp³-hybridized carbons (Fsp3) is 0.600. The average molecular weight is 350 g/mol. The third-order valence-corrected chi connectivity index (χ3v) is 6.69. The van der Waals surface area contributed by atoms with Crippen molar-refractivity contribution in [1.29, 1.82) is 0 Å². The highest BCUT2D eigenvalue weighted by Crippen LogP contribution is 2.25. The highest BCUT2D eigenvalue weighted by Gasteiger charge is 2.28. The van der Waals surface area contributed by atoms with E-state index in [1.54, 1.807) is 24.9 Å². The van der Waals surface area contributed by atoms with Gasteiger partial charge >= 0.3 is 0 Å². The summed E-state index contributed by atoms with van der Waals surface area (Å²) in [6.45, 7) is 3.98. The Morgan fingerprint density at radius 1 is 1.33 bits per heavy atom. The monoisotopic (exact) mass is 349 g/mol. The van der Waals surface area contributed by atoms with Crippen LogP contribution in [0.1, 0.15) is 31.4 Å². The molecule has 0 fully saturated rings. The number of halogens is 1. The van der Waals surface area contributed by atoms with Crippen molar-refractivity contribution < 1.29 is 8.42 Å². The Morgan fingerprint density at radius 2 is 2.00 bits per heavy atom. The molecule has 3 nitrogen and oxygen atoms in total. The van der Waals surface area contributed by atoms with Crippen LogP contribution >= 0.6 is 23.4 Å². The quantitative estimate of drug-likeness (QED) is 0.671. The summed E-state index contributed by atoms with van der Waals surface area (Å²) in [6.07, 6.45) is 3.48. The van der Waals surface area contributed by atoms with Crippen molar-refractivity contribution in [2.45, 2.75) is 43.5 Å². The standard InChI is InChI=1S/C15H24ClNO2S2/c1-5-13-8-7-12(10-16)9-15(13)21(18,19)17(3)14(6-2)11-20-4/h7-9,14H,5-6,10-11H2,1-4H3. The number of hydrogen-bond acceptors (Lipinski definition) is 3. The lowest BCUT2D eigenvalue weighted by atomic mass is 10.1. The molecule has 21 heavy (non-hydrogen) atoms. The lowest BCUT2D eigenvalue weighted by Crippen LogP contribution is -2.38. The van der Waals surface area contributed by atoms with E-state index in [2.05, 4.69) is 0 Å². The Labute approximate surface area is 138 Å². The van der Waals surface area contributed by atoms with Gasteiger partial charge in [-0.15, -0.1) is 11.6 Å². The predicted molar refractivity (Wildman–Crippen MR) is 92.8 cm³/mol. The molecule has 0 N–H and O–H groups in total. The minimum Gasteiger partial charge on any atom is -0.207 e. The number of alkyl halides is 1. The van der Waals surface area contributed by atoms with E-state index in [1.165, 1.54) is 4.31 Å². The molecule has 0 heterocycles. The van der Waals surface area contributed by atoms with Gasteiger partial charge in [-0.25, -0.2) is 8.42 Å². The van der Waals surface area contributed by atoms with Crippen LogP contribution in [0.5, 0.6) is 0 Å². The molecule has 0 radical (unpaired) electrons. The molecule has 0 aromatic heterocycles. The van der Waals surface area contributed by atoms with Crippen molar-refractivity contribution in [2.24, 2.45) is 0 Å². The van der Waals surface area contributed by atoms with Crippen LogP contribution in [0.15, 0.2) is 23.1 Å². The van der Waals surface area contributed by atoms with Gasteiger partial charge in [-0.1, -0.05) is 26.0 Å². The SMILES string of the molecule is CCc1ccc(CCl)cc1S(=O)(=O)N(C)C(CC)CSC. The second-order valence-electron chi connectivity index (χ2n) is 4.97. The number of thioether (sulfide) groups is 1. The fourth-order valence-corrected chi connectivity index (χ4v) is 5.11. The number of rotatable bonds is 8. The Hall–Kier alpha value is -0.230. The molecule has 1 aromatic carbocycles. The zero-order chi connectivity index (χ0) is 16.0. The van der Waals surface area contributed by atoms with E-state index in [4.69, 9.17) is 11.6 Å². The molecule has 1 rings (SSSR count). The number of sulfonamides is 1. The van der Waals surface area contributed by atoms with Gasteiger partial charge in [0.15, 0.2) is 0 Å². The van der Waals surface area contributed by atoms with Gasteiger partial charge in [-0.3, -0.25) is 0 Å². The predicted octanol–water partition coefficient (Wildman–Crippen LogP) is 3.75. The largest absolute Gasteiger partial charge is 0.243 e. The molecule has 0 aliphatic carbocycles. The zero-order valence-corrected chi connectivity index (χ0v) is 15.5. The summed E-state index contributed by atoms with van der Waals surface area (Å²) in [5.41, 5.74) is 1.67. The molecular weight excluding hydrogens is 326 g/mol. The molecule has 120 valence electrons. The molecule has 0 amide bonds. The van der Waals surface area contributed by atoms with Crippen LogP contribution in [0.4, 0.5) is 0 Å². The van der Waals surface area contributed by atoms with Crippen LogP contribution in [0.3, 0.4) is 0 Å². The number of hydrogen-bond donors (Lipinski definition) is 0. The minimum absolute atomic E-state index is 0.00867. The lowest BCUT2D eigenvalue weighted by Gasteiger charge is -2.27. The number of aryl methyl sites for hydroxylation is 1. The highest BCUT2D eigenvalue weighted by molar-refractivity contribution is 7.98. The first-order valence-corrected chi connectivity index (χ1v) is 10.4. The number of benzene rings is 1. The van der Waals surface area contributed by atoms with Gasteiger partial charge in [-0.05, 0) is 36.3 Å². The average Bonchev–Trinajstić information content (AvgIpc) is 2.51. The first-order chi connectivity index (χ1) is 9.92. The summed E-state index contributed by atoms with van der Waals surface area (Å²) < 4.78 is 27.4. The second-order valence-corrected chi connectivity index (χ2v) is 8.11. The number of nitrogens with zero attached hydrogens (tertiary/aromatic N) is 1. The van der Waals surface area contributed by atoms with Crippen molar-refractivity contribution >= 4 is 33.4 Å². The smallest absolute Gasteiger partial charge is 0.207 e. The van der Waals surface area contributed by atoms with E-state index < -0.39 is 10.0 Å². The van der Waals surface area contributed by atoms with Crippen LogP contribution in [0, 0.1) is 0 Å². The van der Waals surface area contributed by atoms with E-state index >= 15 is 0 Å². The van der Waals surface area contributed by atoms with Crippen molar-refractivity contribution in [3.05, 3.63) is 29.3 Å². The van der Waals surface area contributed by atoms with Gasteiger partial charge in [0.1, 0.15) is 0 Å². The molecule has 0 spiro atoms. The van der Waals surface area contributed by atoms with Gasteiger partial charge in [0.2, 0.25) is 10.0 Å². The molecule has 0 saturated carbocycles. The van der Waals surface area contributed by atoms with E-state index in [9.17, 15) is 8.42 Å². The normalized spacial score (nSPS) is 13.6. The van der Waals surface area contributed by atoms with Crippen molar-refractivity contribution in [1.82, 2.24) is 4.31 Å². The lowest BCUT2D eigenvalue weighted by molar-refractivity contribution is 0.385. The van der Waals surface area contributed by atoms with Crippen LogP contribution in [0.25, 0.3) is 0 Å². The summed E-state index contributed by atoms with van der Waals surface area (Å²) >= 11 is 7.52. The van der Waals surface area contributed by atoms with Crippen molar-refractivity contribution in [2.75, 3.05) is 19.1 Å². The first kappa shape index (κ1) is 18.8. The maximum absolute atomic E-state index is 12.9. The maximum atomic E-state index is 12.9. The summed E-state index contributed by atoms with van der Waals surface area (Å²) in [5.74, 6) is 1.11. The van der Waals surface area contributed by atoms with Gasteiger partial charge in [0, 0.05) is 24.7 Å². The fourth-order valence-electron chi connectivity index (χ4n) is 2.24. The summed E-state index contributed by atoms with van der Waals surface area (Å²) in [7, 11) is -1.81. The topological polar surface area (TPSA) is 37.4 Å². The molecular formula is C15H24ClNO2S2. The Bertz CT molecular complexity index is 561. The molecule has 0 bridgehead atoms. The Kier molecular flexibility index (Phi) is 7.54. The Morgan fingerprint density at radius 3 is 2.48 bits per heavy atom. The molecule has 1 aromatic rings. The third kappa shape index (κ3) is 4.38. The second kappa shape index (κ2) is 8.42. The zero-order valence-electron chi connectivity index (χ0n) is 13.1. The van der Waals surface area contributed by atoms with Gasteiger partial charge in [0.05, 0.1) is 4.90 Å². The molecule has 0 aliphatic heterocycles. The van der Waals surface area contributed by atoms with Gasteiger partial charge in [-0.2, -0.15) is 16.1 Å². The van der Waals surface area contributed by atoms with Crippen LogP contribution < -0.4 is 0 Å². The van der Waals surface area contributed by atoms with Gasteiger partial charge < -0.3 is 0 Å². The molecule has 1 unspecified atom stereocenters. The van der Waals surface area contributed by atoms with Gasteiger partial charge in [0.25, 0.3) is 0 Å². The molecule has 6 heteroatoms. The highest BCUT2D eigenvalue weighted by atomic mass is 35.5. The third-order valence-electron chi connectivity index (χ3n) is 3.67. The van der Waals surface area contributed by atoms with Crippen molar-refractivity contribution in [3.8, 4) is 0 Å². The van der Waals surface area contributed by atoms with E-state index in [-0.39, 0.29) is 6.04 Å². The molecule has 1 atom stereocenters. The summed E-state index contributed by atoms with van der Waals surface area (Å²) in [5, 5.41) is 0. The maximum Gasteiger partial charge on any atom is 0.243 e. The van der Waals surface area contributed by atoms with E-state index in [0.29, 0.717) is 17.2 Å². The Balaban J connectivity index is 3.28. The first-order valence-electron chi connectivity index (χ1n) is 7.07. The van der Waals surface area contributed by atoms with Crippen molar-refractivity contribution in [3.63, 3.8) is 0 Å². The summed E-state index contributed by atoms with van der Waals surface area (Å²) in [6, 6.07) is 5.48. The summed E-state index contributed by atoms with van der Waals surface area (Å²) in [4.78, 5) is 0.394. The van der Waals surface area contributed by atoms with Crippen LogP contribution in [-0.4, -0.2) is 37.8 Å². The van der Waals surface area contributed by atoms with E-state index in [1.807, 2.05) is 32.2 Å².